The van der Waals surface area contributed by atoms with Crippen LogP contribution >= 0.6 is 0 Å². The highest BCUT2D eigenvalue weighted by molar-refractivity contribution is 5.80. The maximum Gasteiger partial charge on any atom is 0.140 e. The van der Waals surface area contributed by atoms with Crippen LogP contribution in [0.2, 0.25) is 0 Å². The third-order valence-electron chi connectivity index (χ3n) is 3.14. The number of nitrogens with one attached hydrogen (secondary N) is 1. The van der Waals surface area contributed by atoms with E-state index < -0.39 is 0 Å². The molecule has 0 heterocycles. The van der Waals surface area contributed by atoms with E-state index in [0.717, 1.165) is 6.42 Å². The van der Waals surface area contributed by atoms with Crippen molar-refractivity contribution in [3.63, 3.8) is 0 Å². The van der Waals surface area contributed by atoms with Gasteiger partial charge < -0.3 is 16.3 Å². The summed E-state index contributed by atoms with van der Waals surface area (Å²) in [7, 11) is 0. The Kier molecular flexibility index (Phi) is 5.65. The fraction of sp³-hybridized carbons (Fsp3) is 0.500. The number of nitrogens with two attached hydrogens (primary N) is 1. The fourth-order valence-electron chi connectivity index (χ4n) is 1.92. The van der Waals surface area contributed by atoms with E-state index in [1.54, 1.807) is 0 Å². The average molecular weight is 249 g/mol. The first-order valence-corrected chi connectivity index (χ1v) is 6.35. The lowest BCUT2D eigenvalue weighted by atomic mass is 10.0. The first kappa shape index (κ1) is 14.5. The number of nitrogens with zero attached hydrogens (tertiary/aromatic N) is 1. The third-order valence-corrected chi connectivity index (χ3v) is 3.14. The van der Waals surface area contributed by atoms with Crippen molar-refractivity contribution in [1.29, 1.82) is 0 Å². The summed E-state index contributed by atoms with van der Waals surface area (Å²) in [6.07, 6.45) is 1.50. The van der Waals surface area contributed by atoms with E-state index in [1.165, 1.54) is 11.1 Å². The van der Waals surface area contributed by atoms with Gasteiger partial charge >= 0.3 is 0 Å². The van der Waals surface area contributed by atoms with Gasteiger partial charge in [0, 0.05) is 18.5 Å². The van der Waals surface area contributed by atoms with Crippen LogP contribution in [-0.4, -0.2) is 17.1 Å². The summed E-state index contributed by atoms with van der Waals surface area (Å²) in [5, 5.41) is 15.1. The second kappa shape index (κ2) is 7.01. The minimum absolute atomic E-state index is 0.220. The molecule has 0 fully saturated rings. The van der Waals surface area contributed by atoms with Crippen molar-refractivity contribution in [1.82, 2.24) is 5.32 Å². The molecular weight excluding hydrogens is 226 g/mol. The molecule has 1 unspecified atom stereocenters. The van der Waals surface area contributed by atoms with Crippen LogP contribution < -0.4 is 11.1 Å². The Hall–Kier alpha value is -1.55. The number of aryl methyl sites for hydroxylation is 1. The van der Waals surface area contributed by atoms with Crippen LogP contribution in [0.5, 0.6) is 0 Å². The van der Waals surface area contributed by atoms with E-state index in [0.29, 0.717) is 6.42 Å². The number of hydrogen-bond donors (Lipinski definition) is 3. The van der Waals surface area contributed by atoms with Crippen LogP contribution in [-0.2, 0) is 0 Å². The van der Waals surface area contributed by atoms with Crippen molar-refractivity contribution in [3.05, 3.63) is 35.4 Å². The largest absolute Gasteiger partial charge is 0.409 e. The molecule has 0 bridgehead atoms. The summed E-state index contributed by atoms with van der Waals surface area (Å²) in [5.74, 6) is 0.269. The molecule has 4 N–H and O–H groups in total. The summed E-state index contributed by atoms with van der Waals surface area (Å²) in [4.78, 5) is 0. The molecule has 0 spiro atoms. The van der Waals surface area contributed by atoms with Crippen molar-refractivity contribution >= 4 is 5.84 Å². The van der Waals surface area contributed by atoms with E-state index in [4.69, 9.17) is 10.9 Å². The van der Waals surface area contributed by atoms with Gasteiger partial charge in [0.05, 0.1) is 0 Å². The molecule has 4 heteroatoms. The Morgan fingerprint density at radius 2 is 2.00 bits per heavy atom. The van der Waals surface area contributed by atoms with E-state index >= 15 is 0 Å². The van der Waals surface area contributed by atoms with Gasteiger partial charge in [0.2, 0.25) is 0 Å². The molecule has 18 heavy (non-hydrogen) atoms. The van der Waals surface area contributed by atoms with Crippen molar-refractivity contribution in [2.75, 3.05) is 0 Å². The monoisotopic (exact) mass is 249 g/mol. The van der Waals surface area contributed by atoms with E-state index in [-0.39, 0.29) is 17.9 Å². The van der Waals surface area contributed by atoms with Crippen LogP contribution in [0.1, 0.15) is 43.9 Å². The van der Waals surface area contributed by atoms with Gasteiger partial charge in [-0.3, -0.25) is 0 Å². The Balaban J connectivity index is 2.61. The summed E-state index contributed by atoms with van der Waals surface area (Å²) in [6, 6.07) is 8.95. The molecule has 2 atom stereocenters. The standard InChI is InChI=1S/C14H23N3O/c1-4-13(9-14(15)17-18)16-11(3)12-7-5-10(2)6-8-12/h5-8,11,13,16,18H,4,9H2,1-3H3,(H2,15,17)/t11-,13?/m1/s1. The van der Waals surface area contributed by atoms with Crippen LogP contribution in [0.15, 0.2) is 29.4 Å². The summed E-state index contributed by atoms with van der Waals surface area (Å²) in [6.45, 7) is 6.29. The Morgan fingerprint density at radius 1 is 1.39 bits per heavy atom. The van der Waals surface area contributed by atoms with Gasteiger partial charge in [-0.2, -0.15) is 0 Å². The molecule has 1 rings (SSSR count). The second-order valence-electron chi connectivity index (χ2n) is 4.70. The van der Waals surface area contributed by atoms with Crippen LogP contribution in [0.3, 0.4) is 0 Å². The van der Waals surface area contributed by atoms with Crippen molar-refractivity contribution in [3.8, 4) is 0 Å². The lowest BCUT2D eigenvalue weighted by Gasteiger charge is -2.22. The lowest BCUT2D eigenvalue weighted by molar-refractivity contribution is 0.315. The van der Waals surface area contributed by atoms with Crippen molar-refractivity contribution in [2.24, 2.45) is 10.9 Å². The minimum atomic E-state index is 0.220. The predicted octanol–water partition coefficient (Wildman–Crippen LogP) is 2.56. The van der Waals surface area contributed by atoms with Crippen LogP contribution in [0.25, 0.3) is 0 Å². The highest BCUT2D eigenvalue weighted by atomic mass is 16.4. The molecular formula is C14H23N3O. The zero-order chi connectivity index (χ0) is 13.5. The Bertz CT molecular complexity index is 387. The number of hydrogen-bond acceptors (Lipinski definition) is 3. The highest BCUT2D eigenvalue weighted by Gasteiger charge is 2.13. The quantitative estimate of drug-likeness (QED) is 0.314. The van der Waals surface area contributed by atoms with Crippen LogP contribution in [0.4, 0.5) is 0 Å². The minimum Gasteiger partial charge on any atom is -0.409 e. The van der Waals surface area contributed by atoms with Gasteiger partial charge in [-0.25, -0.2) is 0 Å². The molecule has 0 aliphatic heterocycles. The smallest absolute Gasteiger partial charge is 0.140 e. The van der Waals surface area contributed by atoms with Gasteiger partial charge in [-0.1, -0.05) is 41.9 Å². The zero-order valence-electron chi connectivity index (χ0n) is 11.4. The van der Waals surface area contributed by atoms with Gasteiger partial charge in [0.1, 0.15) is 5.84 Å². The Labute approximate surface area is 109 Å². The summed E-state index contributed by atoms with van der Waals surface area (Å²) in [5.41, 5.74) is 8.05. The number of amidine groups is 1. The molecule has 1 aromatic rings. The maximum absolute atomic E-state index is 8.60. The first-order chi connectivity index (χ1) is 8.56. The van der Waals surface area contributed by atoms with E-state index in [2.05, 4.69) is 55.5 Å². The second-order valence-corrected chi connectivity index (χ2v) is 4.70. The molecule has 0 saturated carbocycles. The molecule has 4 nitrogen and oxygen atoms in total. The molecule has 0 aliphatic carbocycles. The topological polar surface area (TPSA) is 70.6 Å². The average Bonchev–Trinajstić information content (AvgIpc) is 2.38. The van der Waals surface area contributed by atoms with Crippen molar-refractivity contribution in [2.45, 2.75) is 45.7 Å². The SMILES string of the molecule is CCC(C/C(N)=N/O)N[C@H](C)c1ccc(C)cc1. The Morgan fingerprint density at radius 3 is 2.50 bits per heavy atom. The number of oxime groups is 1. The molecule has 0 saturated heterocycles. The first-order valence-electron chi connectivity index (χ1n) is 6.35. The lowest BCUT2D eigenvalue weighted by Crippen LogP contribution is -2.34. The summed E-state index contributed by atoms with van der Waals surface area (Å²) >= 11 is 0. The molecule has 0 amide bonds. The van der Waals surface area contributed by atoms with E-state index in [1.807, 2.05) is 0 Å². The maximum atomic E-state index is 8.60. The predicted molar refractivity (Wildman–Crippen MR) is 74.8 cm³/mol. The normalized spacial score (nSPS) is 15.4. The highest BCUT2D eigenvalue weighted by Crippen LogP contribution is 2.15. The van der Waals surface area contributed by atoms with E-state index in [9.17, 15) is 0 Å². The number of benzene rings is 1. The fourth-order valence-corrected chi connectivity index (χ4v) is 1.92. The van der Waals surface area contributed by atoms with Crippen LogP contribution in [0, 0.1) is 6.92 Å². The van der Waals surface area contributed by atoms with Crippen molar-refractivity contribution < 1.29 is 5.21 Å². The molecule has 100 valence electrons. The van der Waals surface area contributed by atoms with Gasteiger partial charge in [0.15, 0.2) is 0 Å². The number of rotatable bonds is 6. The van der Waals surface area contributed by atoms with Gasteiger partial charge in [0.25, 0.3) is 0 Å². The van der Waals surface area contributed by atoms with Gasteiger partial charge in [-0.15, -0.1) is 0 Å². The van der Waals surface area contributed by atoms with Gasteiger partial charge in [-0.05, 0) is 25.8 Å². The molecule has 0 aromatic heterocycles. The summed E-state index contributed by atoms with van der Waals surface area (Å²) < 4.78 is 0. The zero-order valence-corrected chi connectivity index (χ0v) is 11.4. The molecule has 0 radical (unpaired) electrons. The molecule has 1 aromatic carbocycles. The third kappa shape index (κ3) is 4.37. The molecule has 0 aliphatic rings.